The van der Waals surface area contributed by atoms with Crippen LogP contribution in [-0.4, -0.2) is 33.1 Å². The minimum atomic E-state index is -0.722. The van der Waals surface area contributed by atoms with E-state index in [0.717, 1.165) is 36.8 Å². The van der Waals surface area contributed by atoms with Crippen molar-refractivity contribution in [2.75, 3.05) is 0 Å². The molecule has 3 heteroatoms. The van der Waals surface area contributed by atoms with Gasteiger partial charge in [-0.3, -0.25) is 0 Å². The average Bonchev–Trinajstić information content (AvgIpc) is 3.06. The predicted octanol–water partition coefficient (Wildman–Crippen LogP) is 6.18. The highest BCUT2D eigenvalue weighted by molar-refractivity contribution is 5.40. The number of hydrogen-bond donors (Lipinski definition) is 3. The Morgan fingerprint density at radius 3 is 2.75 bits per heavy atom. The Hall–Kier alpha value is -1.42. The molecule has 3 rings (SSSR count). The Labute approximate surface area is 195 Å². The molecule has 3 aliphatic rings. The zero-order valence-corrected chi connectivity index (χ0v) is 20.6. The summed E-state index contributed by atoms with van der Waals surface area (Å²) in [6.07, 6.45) is 18.9. The summed E-state index contributed by atoms with van der Waals surface area (Å²) >= 11 is 0. The number of allylic oxidation sites excluding steroid dienone is 6. The monoisotopic (exact) mass is 440 g/mol. The van der Waals surface area contributed by atoms with E-state index in [0.29, 0.717) is 24.7 Å². The van der Waals surface area contributed by atoms with Crippen molar-refractivity contribution < 1.29 is 15.3 Å². The van der Waals surface area contributed by atoms with Crippen LogP contribution >= 0.6 is 0 Å². The van der Waals surface area contributed by atoms with Crippen molar-refractivity contribution in [2.45, 2.75) is 103 Å². The molecule has 178 valence electrons. The molecule has 3 N–H and O–H groups in total. The van der Waals surface area contributed by atoms with Crippen LogP contribution in [0.25, 0.3) is 0 Å². The van der Waals surface area contributed by atoms with Crippen LogP contribution in [-0.2, 0) is 0 Å². The first-order valence-corrected chi connectivity index (χ1v) is 12.6. The molecule has 0 aromatic carbocycles. The minimum absolute atomic E-state index is 0.244. The Morgan fingerprint density at radius 1 is 1.28 bits per heavy atom. The molecule has 0 unspecified atom stereocenters. The highest BCUT2D eigenvalue weighted by Gasteiger charge is 2.45. The van der Waals surface area contributed by atoms with Gasteiger partial charge in [0.05, 0.1) is 17.8 Å². The third-order valence-corrected chi connectivity index (χ3v) is 7.94. The average molecular weight is 441 g/mol. The van der Waals surface area contributed by atoms with Crippen molar-refractivity contribution in [3.8, 4) is 0 Å². The molecule has 0 heterocycles. The summed E-state index contributed by atoms with van der Waals surface area (Å²) < 4.78 is 0. The van der Waals surface area contributed by atoms with Crippen LogP contribution in [0, 0.1) is 17.3 Å². The lowest BCUT2D eigenvalue weighted by atomic mass is 9.62. The minimum Gasteiger partial charge on any atom is -0.393 e. The Kier molecular flexibility index (Phi) is 8.06. The lowest BCUT2D eigenvalue weighted by Crippen LogP contribution is -2.32. The van der Waals surface area contributed by atoms with E-state index < -0.39 is 17.8 Å². The van der Waals surface area contributed by atoms with E-state index in [4.69, 9.17) is 0 Å². The summed E-state index contributed by atoms with van der Waals surface area (Å²) in [6, 6.07) is 0. The molecule has 0 aromatic rings. The third-order valence-electron chi connectivity index (χ3n) is 7.94. The first-order valence-electron chi connectivity index (χ1n) is 12.6. The van der Waals surface area contributed by atoms with Gasteiger partial charge in [-0.05, 0) is 93.6 Å². The number of unbranched alkanes of at least 4 members (excludes halogenated alkanes) is 1. The van der Waals surface area contributed by atoms with E-state index in [1.165, 1.54) is 24.8 Å². The van der Waals surface area contributed by atoms with Crippen molar-refractivity contribution in [2.24, 2.45) is 17.3 Å². The van der Waals surface area contributed by atoms with E-state index in [1.807, 2.05) is 19.9 Å². The molecule has 0 aromatic heterocycles. The molecule has 3 nitrogen and oxygen atoms in total. The zero-order chi connectivity index (χ0) is 23.5. The van der Waals surface area contributed by atoms with E-state index in [9.17, 15) is 15.3 Å². The van der Waals surface area contributed by atoms with E-state index in [-0.39, 0.29) is 5.41 Å². The lowest BCUT2D eigenvalue weighted by molar-refractivity contribution is 0.0862. The first kappa shape index (κ1) is 25.2. The van der Waals surface area contributed by atoms with Gasteiger partial charge >= 0.3 is 0 Å². The number of aliphatic hydroxyl groups is 3. The van der Waals surface area contributed by atoms with Crippen molar-refractivity contribution in [1.29, 1.82) is 0 Å². The molecule has 5 atom stereocenters. The molecule has 0 amide bonds. The standard InChI is InChI=1S/C29H44O3/c1-20(10-7-6-8-16-28(3,4)32)25-14-15-26-22(11-9-17-29(25,26)5)12-13-23-18-24(30)19-27(31)21(23)2/h8,12-14,16,20,24,26-27,30-32H,2,6-7,9-11,15,17-19H2,1,3-5H3/b16-8+,22-12+,23-13+/t20-,24-,26+,27+,29-/m1/s1. The van der Waals surface area contributed by atoms with E-state index >= 15 is 0 Å². The smallest absolute Gasteiger partial charge is 0.0811 e. The number of hydrogen-bond acceptors (Lipinski definition) is 3. The normalized spacial score (nSPS) is 34.9. The molecule has 2 saturated carbocycles. The molecular weight excluding hydrogens is 396 g/mol. The highest BCUT2D eigenvalue weighted by Crippen LogP contribution is 2.57. The summed E-state index contributed by atoms with van der Waals surface area (Å²) in [5.74, 6) is 1.15. The van der Waals surface area contributed by atoms with Gasteiger partial charge < -0.3 is 15.3 Å². The Balaban J connectivity index is 1.65. The van der Waals surface area contributed by atoms with Gasteiger partial charge in [0.1, 0.15) is 0 Å². The zero-order valence-electron chi connectivity index (χ0n) is 20.6. The van der Waals surface area contributed by atoms with Crippen LogP contribution in [0.5, 0.6) is 0 Å². The van der Waals surface area contributed by atoms with Gasteiger partial charge in [-0.25, -0.2) is 0 Å². The molecular formula is C29H44O3. The molecule has 0 radical (unpaired) electrons. The maximum absolute atomic E-state index is 10.1. The van der Waals surface area contributed by atoms with Crippen molar-refractivity contribution in [3.05, 3.63) is 59.3 Å². The van der Waals surface area contributed by atoms with E-state index in [1.54, 1.807) is 5.57 Å². The molecule has 2 fully saturated rings. The van der Waals surface area contributed by atoms with Crippen LogP contribution in [0.4, 0.5) is 0 Å². The topological polar surface area (TPSA) is 60.7 Å². The summed E-state index contributed by atoms with van der Waals surface area (Å²) in [5, 5.41) is 30.0. The molecule has 0 spiro atoms. The van der Waals surface area contributed by atoms with Gasteiger partial charge in [-0.1, -0.05) is 62.0 Å². The van der Waals surface area contributed by atoms with Gasteiger partial charge in [-0.2, -0.15) is 0 Å². The van der Waals surface area contributed by atoms with Crippen LogP contribution in [0.2, 0.25) is 0 Å². The van der Waals surface area contributed by atoms with Crippen molar-refractivity contribution >= 4 is 0 Å². The Bertz CT molecular complexity index is 807. The lowest BCUT2D eigenvalue weighted by Gasteiger charge is -2.42. The molecule has 0 saturated heterocycles. The summed E-state index contributed by atoms with van der Waals surface area (Å²) in [5.41, 5.74) is 4.44. The Morgan fingerprint density at radius 2 is 2.03 bits per heavy atom. The van der Waals surface area contributed by atoms with Crippen LogP contribution in [0.3, 0.4) is 0 Å². The van der Waals surface area contributed by atoms with E-state index in [2.05, 4.69) is 44.7 Å². The quantitative estimate of drug-likeness (QED) is 0.327. The van der Waals surface area contributed by atoms with Crippen LogP contribution in [0.1, 0.15) is 85.5 Å². The predicted molar refractivity (Wildman–Crippen MR) is 133 cm³/mol. The maximum atomic E-state index is 10.1. The number of rotatable bonds is 7. The van der Waals surface area contributed by atoms with Gasteiger partial charge in [0.15, 0.2) is 0 Å². The summed E-state index contributed by atoms with van der Waals surface area (Å²) in [4.78, 5) is 0. The highest BCUT2D eigenvalue weighted by atomic mass is 16.3. The summed E-state index contributed by atoms with van der Waals surface area (Å²) in [7, 11) is 0. The van der Waals surface area contributed by atoms with Crippen LogP contribution < -0.4 is 0 Å². The maximum Gasteiger partial charge on any atom is 0.0811 e. The fourth-order valence-corrected chi connectivity index (χ4v) is 6.15. The van der Waals surface area contributed by atoms with Crippen LogP contribution in [0.15, 0.2) is 59.3 Å². The van der Waals surface area contributed by atoms with Crippen molar-refractivity contribution in [3.63, 3.8) is 0 Å². The SMILES string of the molecule is C=C1/C(=C/C=C2\CCC[C@]3(C)C([C@H](C)CCC/C=C/C(C)(C)O)=CC[C@@H]23)C[C@@H](O)C[C@@H]1O. The van der Waals surface area contributed by atoms with Gasteiger partial charge in [0.2, 0.25) is 0 Å². The van der Waals surface area contributed by atoms with Gasteiger partial charge in [0, 0.05) is 6.42 Å². The first-order chi connectivity index (χ1) is 15.0. The summed E-state index contributed by atoms with van der Waals surface area (Å²) in [6.45, 7) is 12.5. The fraction of sp³-hybridized carbons (Fsp3) is 0.655. The second-order valence-electron chi connectivity index (χ2n) is 11.2. The second kappa shape index (κ2) is 10.2. The number of aliphatic hydroxyl groups excluding tert-OH is 2. The largest absolute Gasteiger partial charge is 0.393 e. The molecule has 3 aliphatic carbocycles. The van der Waals surface area contributed by atoms with Crippen molar-refractivity contribution in [1.82, 2.24) is 0 Å². The number of fused-ring (bicyclic) bond motifs is 1. The van der Waals surface area contributed by atoms with Gasteiger partial charge in [0.25, 0.3) is 0 Å². The third kappa shape index (κ3) is 5.92. The molecule has 32 heavy (non-hydrogen) atoms. The molecule has 0 bridgehead atoms. The second-order valence-corrected chi connectivity index (χ2v) is 11.2. The molecule has 0 aliphatic heterocycles. The van der Waals surface area contributed by atoms with Gasteiger partial charge in [-0.15, -0.1) is 0 Å². The fourth-order valence-electron chi connectivity index (χ4n) is 6.15.